The molecule has 4 nitrogen and oxygen atoms in total. The molecule has 2 N–H and O–H groups in total. The van der Waals surface area contributed by atoms with E-state index < -0.39 is 0 Å². The number of aromatic nitrogens is 1. The maximum Gasteiger partial charge on any atom is 0.257 e. The minimum absolute atomic E-state index is 0.158. The number of nitrogens with two attached hydrogens (primary N) is 1. The van der Waals surface area contributed by atoms with Crippen molar-refractivity contribution in [1.82, 2.24) is 9.88 Å². The van der Waals surface area contributed by atoms with Gasteiger partial charge in [-0.05, 0) is 6.07 Å². The first-order valence-corrected chi connectivity index (χ1v) is 4.71. The van der Waals surface area contributed by atoms with Gasteiger partial charge in [-0.2, -0.15) is 0 Å². The molecule has 0 aliphatic heterocycles. The molecule has 0 saturated carbocycles. The molecule has 0 aliphatic rings. The molecule has 1 aromatic heterocycles. The van der Waals surface area contributed by atoms with Gasteiger partial charge in [0.05, 0.1) is 17.4 Å². The average molecular weight is 226 g/mol. The van der Waals surface area contributed by atoms with Crippen LogP contribution in [0.5, 0.6) is 0 Å². The Bertz CT molecular complexity index is 392. The lowest BCUT2D eigenvalue weighted by Crippen LogP contribution is -2.27. The number of anilines is 1. The molecule has 80 valence electrons. The highest BCUT2D eigenvalue weighted by molar-refractivity contribution is 6.32. The standard InChI is InChI=1S/C10H12ClN3O/c1-3-4-14(2)10(15)8-5-7(12)6-13-9(8)11/h3,5-6H,1,4,12H2,2H3. The molecule has 0 spiro atoms. The van der Waals surface area contributed by atoms with Crippen LogP contribution >= 0.6 is 11.6 Å². The van der Waals surface area contributed by atoms with Gasteiger partial charge in [-0.25, -0.2) is 4.98 Å². The number of amides is 1. The first-order valence-electron chi connectivity index (χ1n) is 4.33. The summed E-state index contributed by atoms with van der Waals surface area (Å²) >= 11 is 5.80. The highest BCUT2D eigenvalue weighted by Gasteiger charge is 2.15. The van der Waals surface area contributed by atoms with Gasteiger partial charge >= 0.3 is 0 Å². The Morgan fingerprint density at radius 1 is 1.80 bits per heavy atom. The van der Waals surface area contributed by atoms with E-state index >= 15 is 0 Å². The third kappa shape index (κ3) is 2.70. The number of likely N-dealkylation sites (N-methyl/N-ethyl adjacent to an activating group) is 1. The fourth-order valence-corrected chi connectivity index (χ4v) is 1.28. The minimum atomic E-state index is -0.222. The van der Waals surface area contributed by atoms with E-state index in [9.17, 15) is 4.79 Å². The van der Waals surface area contributed by atoms with E-state index in [1.54, 1.807) is 13.1 Å². The Morgan fingerprint density at radius 2 is 2.47 bits per heavy atom. The van der Waals surface area contributed by atoms with Crippen molar-refractivity contribution in [3.8, 4) is 0 Å². The van der Waals surface area contributed by atoms with Crippen LogP contribution in [0.25, 0.3) is 0 Å². The molecule has 0 saturated heterocycles. The van der Waals surface area contributed by atoms with Crippen molar-refractivity contribution in [2.75, 3.05) is 19.3 Å². The first-order chi connectivity index (χ1) is 7.06. The number of hydrogen-bond acceptors (Lipinski definition) is 3. The van der Waals surface area contributed by atoms with Gasteiger partial charge in [0.2, 0.25) is 0 Å². The summed E-state index contributed by atoms with van der Waals surface area (Å²) in [5.41, 5.74) is 6.25. The van der Waals surface area contributed by atoms with E-state index in [-0.39, 0.29) is 11.1 Å². The van der Waals surface area contributed by atoms with E-state index in [2.05, 4.69) is 11.6 Å². The van der Waals surface area contributed by atoms with Gasteiger partial charge in [0, 0.05) is 13.6 Å². The highest BCUT2D eigenvalue weighted by Crippen LogP contribution is 2.17. The summed E-state index contributed by atoms with van der Waals surface area (Å²) in [6.45, 7) is 4.00. The largest absolute Gasteiger partial charge is 0.397 e. The summed E-state index contributed by atoms with van der Waals surface area (Å²) in [6.07, 6.45) is 3.04. The quantitative estimate of drug-likeness (QED) is 0.628. The molecule has 0 aliphatic carbocycles. The zero-order valence-electron chi connectivity index (χ0n) is 8.40. The second kappa shape index (κ2) is 4.79. The summed E-state index contributed by atoms with van der Waals surface area (Å²) in [7, 11) is 1.66. The Morgan fingerprint density at radius 3 is 3.07 bits per heavy atom. The number of carbonyl (C=O) groups is 1. The molecule has 0 unspecified atom stereocenters. The maximum absolute atomic E-state index is 11.8. The summed E-state index contributed by atoms with van der Waals surface area (Å²) in [5, 5.41) is 0.158. The Kier molecular flexibility index (Phi) is 3.68. The van der Waals surface area contributed by atoms with Crippen LogP contribution in [0.4, 0.5) is 5.69 Å². The van der Waals surface area contributed by atoms with Crippen molar-refractivity contribution in [2.45, 2.75) is 0 Å². The summed E-state index contributed by atoms with van der Waals surface area (Å²) < 4.78 is 0. The van der Waals surface area contributed by atoms with Crippen molar-refractivity contribution in [1.29, 1.82) is 0 Å². The van der Waals surface area contributed by atoms with Crippen LogP contribution in [-0.4, -0.2) is 29.4 Å². The van der Waals surface area contributed by atoms with Gasteiger partial charge in [0.25, 0.3) is 5.91 Å². The van der Waals surface area contributed by atoms with E-state index in [1.165, 1.54) is 17.2 Å². The molecule has 0 atom stereocenters. The summed E-state index contributed by atoms with van der Waals surface area (Å²) in [5.74, 6) is -0.222. The third-order valence-electron chi connectivity index (χ3n) is 1.84. The summed E-state index contributed by atoms with van der Waals surface area (Å²) in [4.78, 5) is 17.1. The smallest absolute Gasteiger partial charge is 0.257 e. The molecule has 1 amide bonds. The molecule has 0 bridgehead atoms. The van der Waals surface area contributed by atoms with Crippen LogP contribution in [0.1, 0.15) is 10.4 Å². The van der Waals surface area contributed by atoms with Crippen molar-refractivity contribution in [3.05, 3.63) is 35.6 Å². The predicted octanol–water partition coefficient (Wildman–Crippen LogP) is 1.58. The van der Waals surface area contributed by atoms with E-state index in [1.807, 2.05) is 0 Å². The zero-order chi connectivity index (χ0) is 11.4. The first kappa shape index (κ1) is 11.5. The average Bonchev–Trinajstić information content (AvgIpc) is 2.21. The summed E-state index contributed by atoms with van der Waals surface area (Å²) in [6, 6.07) is 1.51. The molecule has 1 heterocycles. The lowest BCUT2D eigenvalue weighted by molar-refractivity contribution is 0.0810. The van der Waals surface area contributed by atoms with Crippen LogP contribution < -0.4 is 5.73 Å². The molecular weight excluding hydrogens is 214 g/mol. The van der Waals surface area contributed by atoms with E-state index in [0.717, 1.165) is 0 Å². The lowest BCUT2D eigenvalue weighted by atomic mass is 10.2. The fraction of sp³-hybridized carbons (Fsp3) is 0.200. The maximum atomic E-state index is 11.8. The number of nitrogens with zero attached hydrogens (tertiary/aromatic N) is 2. The van der Waals surface area contributed by atoms with Gasteiger partial charge < -0.3 is 10.6 Å². The molecule has 1 rings (SSSR count). The van der Waals surface area contributed by atoms with Crippen LogP contribution in [0, 0.1) is 0 Å². The van der Waals surface area contributed by atoms with Gasteiger partial charge in [-0.1, -0.05) is 17.7 Å². The lowest BCUT2D eigenvalue weighted by Gasteiger charge is -2.15. The van der Waals surface area contributed by atoms with Crippen LogP contribution in [0.3, 0.4) is 0 Å². The van der Waals surface area contributed by atoms with Crippen molar-refractivity contribution in [2.24, 2.45) is 0 Å². The second-order valence-electron chi connectivity index (χ2n) is 3.08. The van der Waals surface area contributed by atoms with E-state index in [4.69, 9.17) is 17.3 Å². The Labute approximate surface area is 93.4 Å². The monoisotopic (exact) mass is 225 g/mol. The van der Waals surface area contributed by atoms with Crippen LogP contribution in [-0.2, 0) is 0 Å². The number of nitrogen functional groups attached to an aromatic ring is 1. The Hall–Kier alpha value is -1.55. The number of halogens is 1. The van der Waals surface area contributed by atoms with Gasteiger partial charge in [-0.15, -0.1) is 6.58 Å². The number of hydrogen-bond donors (Lipinski definition) is 1. The highest BCUT2D eigenvalue weighted by atomic mass is 35.5. The number of pyridine rings is 1. The molecule has 15 heavy (non-hydrogen) atoms. The SMILES string of the molecule is C=CCN(C)C(=O)c1cc(N)cnc1Cl. The van der Waals surface area contributed by atoms with Gasteiger partial charge in [0.1, 0.15) is 5.15 Å². The fourth-order valence-electron chi connectivity index (χ4n) is 1.10. The molecular formula is C10H12ClN3O. The minimum Gasteiger partial charge on any atom is -0.397 e. The van der Waals surface area contributed by atoms with Gasteiger partial charge in [0.15, 0.2) is 0 Å². The zero-order valence-corrected chi connectivity index (χ0v) is 9.16. The second-order valence-corrected chi connectivity index (χ2v) is 3.44. The van der Waals surface area contributed by atoms with E-state index in [0.29, 0.717) is 17.8 Å². The van der Waals surface area contributed by atoms with Crippen molar-refractivity contribution >= 4 is 23.2 Å². The van der Waals surface area contributed by atoms with Crippen LogP contribution in [0.15, 0.2) is 24.9 Å². The molecule has 0 radical (unpaired) electrons. The predicted molar refractivity (Wildman–Crippen MR) is 60.8 cm³/mol. The van der Waals surface area contributed by atoms with Crippen molar-refractivity contribution in [3.63, 3.8) is 0 Å². The number of carbonyl (C=O) groups excluding carboxylic acids is 1. The topological polar surface area (TPSA) is 59.2 Å². The normalized spacial score (nSPS) is 9.73. The van der Waals surface area contributed by atoms with Crippen molar-refractivity contribution < 1.29 is 4.79 Å². The molecule has 5 heteroatoms. The molecule has 1 aromatic rings. The molecule has 0 fully saturated rings. The van der Waals surface area contributed by atoms with Gasteiger partial charge in [-0.3, -0.25) is 4.79 Å². The van der Waals surface area contributed by atoms with Crippen LogP contribution in [0.2, 0.25) is 5.15 Å². The Balaban J connectivity index is 2.99. The molecule has 0 aromatic carbocycles. The third-order valence-corrected chi connectivity index (χ3v) is 2.14. The number of rotatable bonds is 3.